The number of H-pyrrole nitrogens is 1. The third kappa shape index (κ3) is 4.86. The molecular formula is C21H24N2O2. The molecule has 130 valence electrons. The minimum Gasteiger partial charge on any atom is -0.484 e. The van der Waals surface area contributed by atoms with Crippen LogP contribution in [-0.2, 0) is 17.6 Å². The van der Waals surface area contributed by atoms with Gasteiger partial charge in [-0.2, -0.15) is 0 Å². The third-order valence-corrected chi connectivity index (χ3v) is 4.19. The van der Waals surface area contributed by atoms with E-state index in [0.717, 1.165) is 30.5 Å². The van der Waals surface area contributed by atoms with Crippen LogP contribution >= 0.6 is 0 Å². The van der Waals surface area contributed by atoms with E-state index < -0.39 is 0 Å². The molecule has 3 rings (SSSR count). The monoisotopic (exact) mass is 336 g/mol. The molecule has 2 aromatic carbocycles. The van der Waals surface area contributed by atoms with Crippen LogP contribution in [0.5, 0.6) is 5.75 Å². The maximum atomic E-state index is 11.9. The number of carbonyl (C=O) groups excluding carboxylic acids is 1. The summed E-state index contributed by atoms with van der Waals surface area (Å²) in [5.41, 5.74) is 3.61. The Morgan fingerprint density at radius 2 is 1.84 bits per heavy atom. The minimum absolute atomic E-state index is 0.0444. The number of aromatic nitrogens is 1. The number of hydrogen-bond acceptors (Lipinski definition) is 2. The number of ether oxygens (including phenoxy) is 1. The van der Waals surface area contributed by atoms with Crippen LogP contribution in [0.4, 0.5) is 0 Å². The first-order valence-electron chi connectivity index (χ1n) is 8.79. The van der Waals surface area contributed by atoms with E-state index in [-0.39, 0.29) is 12.5 Å². The highest BCUT2D eigenvalue weighted by molar-refractivity contribution is 5.80. The summed E-state index contributed by atoms with van der Waals surface area (Å²) < 4.78 is 5.53. The number of rotatable bonds is 8. The normalized spacial score (nSPS) is 10.8. The fourth-order valence-corrected chi connectivity index (χ4v) is 2.84. The maximum Gasteiger partial charge on any atom is 0.257 e. The van der Waals surface area contributed by atoms with Gasteiger partial charge in [0.2, 0.25) is 0 Å². The summed E-state index contributed by atoms with van der Waals surface area (Å²) in [6.07, 6.45) is 4.92. The second kappa shape index (κ2) is 8.38. The van der Waals surface area contributed by atoms with E-state index in [9.17, 15) is 4.79 Å². The molecule has 1 amide bonds. The van der Waals surface area contributed by atoms with Crippen LogP contribution in [0.3, 0.4) is 0 Å². The largest absolute Gasteiger partial charge is 0.484 e. The first kappa shape index (κ1) is 17.1. The van der Waals surface area contributed by atoms with Crippen molar-refractivity contribution in [3.63, 3.8) is 0 Å². The van der Waals surface area contributed by atoms with Crippen molar-refractivity contribution in [2.45, 2.75) is 26.2 Å². The van der Waals surface area contributed by atoms with Crippen LogP contribution in [0.15, 0.2) is 54.7 Å². The van der Waals surface area contributed by atoms with Crippen LogP contribution in [-0.4, -0.2) is 24.0 Å². The highest BCUT2D eigenvalue weighted by Gasteiger charge is 2.03. The van der Waals surface area contributed by atoms with Gasteiger partial charge in [-0.3, -0.25) is 4.79 Å². The Morgan fingerprint density at radius 3 is 2.64 bits per heavy atom. The SMILES string of the molecule is CCCc1ccc(OCC(=O)NCCc2ccc3cc[nH]c3c2)cc1. The van der Waals surface area contributed by atoms with E-state index in [1.165, 1.54) is 16.5 Å². The summed E-state index contributed by atoms with van der Waals surface area (Å²) in [4.78, 5) is 15.1. The first-order chi connectivity index (χ1) is 12.2. The van der Waals surface area contributed by atoms with Gasteiger partial charge in [-0.05, 0) is 53.6 Å². The number of hydrogen-bond donors (Lipinski definition) is 2. The van der Waals surface area contributed by atoms with Gasteiger partial charge in [0, 0.05) is 18.3 Å². The number of amides is 1. The fourth-order valence-electron chi connectivity index (χ4n) is 2.84. The minimum atomic E-state index is -0.0985. The van der Waals surface area contributed by atoms with Gasteiger partial charge in [0.05, 0.1) is 0 Å². The summed E-state index contributed by atoms with van der Waals surface area (Å²) in [6, 6.07) is 16.3. The smallest absolute Gasteiger partial charge is 0.257 e. The van der Waals surface area contributed by atoms with E-state index in [4.69, 9.17) is 4.74 Å². The highest BCUT2D eigenvalue weighted by Crippen LogP contribution is 2.15. The number of fused-ring (bicyclic) bond motifs is 1. The lowest BCUT2D eigenvalue weighted by molar-refractivity contribution is -0.123. The molecule has 4 heteroatoms. The van der Waals surface area contributed by atoms with Crippen molar-refractivity contribution in [3.8, 4) is 5.75 Å². The quantitative estimate of drug-likeness (QED) is 0.656. The molecule has 3 aromatic rings. The lowest BCUT2D eigenvalue weighted by Gasteiger charge is -2.08. The van der Waals surface area contributed by atoms with Crippen molar-refractivity contribution in [1.29, 1.82) is 0 Å². The van der Waals surface area contributed by atoms with Crippen LogP contribution in [0.1, 0.15) is 24.5 Å². The van der Waals surface area contributed by atoms with Crippen LogP contribution < -0.4 is 10.1 Å². The molecule has 0 saturated carbocycles. The number of carbonyl (C=O) groups is 1. The van der Waals surface area contributed by atoms with Gasteiger partial charge in [-0.25, -0.2) is 0 Å². The molecule has 0 radical (unpaired) electrons. The van der Waals surface area contributed by atoms with Crippen molar-refractivity contribution in [2.75, 3.05) is 13.2 Å². The van der Waals surface area contributed by atoms with Gasteiger partial charge in [0.1, 0.15) is 5.75 Å². The van der Waals surface area contributed by atoms with Crippen molar-refractivity contribution < 1.29 is 9.53 Å². The molecule has 0 saturated heterocycles. The Bertz CT molecular complexity index is 821. The van der Waals surface area contributed by atoms with Crippen molar-refractivity contribution in [2.24, 2.45) is 0 Å². The Hall–Kier alpha value is -2.75. The summed E-state index contributed by atoms with van der Waals surface area (Å²) >= 11 is 0. The van der Waals surface area contributed by atoms with Gasteiger partial charge in [-0.15, -0.1) is 0 Å². The zero-order valence-corrected chi connectivity index (χ0v) is 14.5. The van der Waals surface area contributed by atoms with E-state index in [1.807, 2.05) is 36.5 Å². The topological polar surface area (TPSA) is 54.1 Å². The number of aromatic amines is 1. The van der Waals surface area contributed by atoms with Gasteiger partial charge >= 0.3 is 0 Å². The van der Waals surface area contributed by atoms with E-state index >= 15 is 0 Å². The molecule has 1 aromatic heterocycles. The lowest BCUT2D eigenvalue weighted by Crippen LogP contribution is -2.30. The molecule has 0 spiro atoms. The average molecular weight is 336 g/mol. The van der Waals surface area contributed by atoms with Crippen molar-refractivity contribution in [3.05, 3.63) is 65.9 Å². The summed E-state index contributed by atoms with van der Waals surface area (Å²) in [5.74, 6) is 0.630. The second-order valence-corrected chi connectivity index (χ2v) is 6.18. The molecule has 0 aliphatic carbocycles. The van der Waals surface area contributed by atoms with Crippen molar-refractivity contribution >= 4 is 16.8 Å². The molecule has 1 heterocycles. The molecular weight excluding hydrogens is 312 g/mol. The van der Waals surface area contributed by atoms with E-state index in [0.29, 0.717) is 6.54 Å². The van der Waals surface area contributed by atoms with E-state index in [1.54, 1.807) is 0 Å². The Morgan fingerprint density at radius 1 is 1.04 bits per heavy atom. The summed E-state index contributed by atoms with van der Waals surface area (Å²) in [7, 11) is 0. The Labute approximate surface area is 148 Å². The third-order valence-electron chi connectivity index (χ3n) is 4.19. The lowest BCUT2D eigenvalue weighted by atomic mass is 10.1. The van der Waals surface area contributed by atoms with Crippen LogP contribution in [0.25, 0.3) is 10.9 Å². The first-order valence-corrected chi connectivity index (χ1v) is 8.79. The highest BCUT2D eigenvalue weighted by atomic mass is 16.5. The average Bonchev–Trinajstić information content (AvgIpc) is 3.09. The molecule has 0 fully saturated rings. The molecule has 0 aliphatic heterocycles. The summed E-state index contributed by atoms with van der Waals surface area (Å²) in [6.45, 7) is 2.80. The molecule has 0 unspecified atom stereocenters. The zero-order valence-electron chi connectivity index (χ0n) is 14.5. The molecule has 2 N–H and O–H groups in total. The standard InChI is InChI=1S/C21H24N2O2/c1-2-3-16-5-8-19(9-6-16)25-15-21(24)23-12-10-17-4-7-18-11-13-22-20(18)14-17/h4-9,11,13-14,22H,2-3,10,12,15H2,1H3,(H,23,24). The number of benzene rings is 2. The predicted octanol–water partition coefficient (Wildman–Crippen LogP) is 3.86. The molecule has 0 bridgehead atoms. The maximum absolute atomic E-state index is 11.9. The molecule has 25 heavy (non-hydrogen) atoms. The molecule has 0 aliphatic rings. The van der Waals surface area contributed by atoms with Gasteiger partial charge in [0.25, 0.3) is 5.91 Å². The number of aryl methyl sites for hydroxylation is 1. The zero-order chi connectivity index (χ0) is 17.5. The van der Waals surface area contributed by atoms with Gasteiger partial charge in [-0.1, -0.05) is 37.6 Å². The fraction of sp³-hybridized carbons (Fsp3) is 0.286. The molecule has 0 atom stereocenters. The second-order valence-electron chi connectivity index (χ2n) is 6.18. The summed E-state index contributed by atoms with van der Waals surface area (Å²) in [5, 5.41) is 4.10. The van der Waals surface area contributed by atoms with Crippen molar-refractivity contribution in [1.82, 2.24) is 10.3 Å². The van der Waals surface area contributed by atoms with Gasteiger partial charge < -0.3 is 15.0 Å². The van der Waals surface area contributed by atoms with E-state index in [2.05, 4.69) is 35.4 Å². The Kier molecular flexibility index (Phi) is 5.73. The molecule has 4 nitrogen and oxygen atoms in total. The Balaban J connectivity index is 1.40. The van der Waals surface area contributed by atoms with Crippen LogP contribution in [0, 0.1) is 0 Å². The van der Waals surface area contributed by atoms with Crippen LogP contribution in [0.2, 0.25) is 0 Å². The van der Waals surface area contributed by atoms with Gasteiger partial charge in [0.15, 0.2) is 6.61 Å². The number of nitrogens with one attached hydrogen (secondary N) is 2. The predicted molar refractivity (Wildman–Crippen MR) is 101 cm³/mol.